The van der Waals surface area contributed by atoms with Crippen LogP contribution in [0.2, 0.25) is 0 Å². The van der Waals surface area contributed by atoms with Gasteiger partial charge in [0, 0.05) is 74.6 Å². The topological polar surface area (TPSA) is 362 Å². The van der Waals surface area contributed by atoms with Crippen molar-refractivity contribution in [2.24, 2.45) is 23.7 Å². The maximum atomic E-state index is 16.5. The number of carbonyl (C=O) groups is 14. The summed E-state index contributed by atoms with van der Waals surface area (Å²) in [6.45, 7) is 24.2. The van der Waals surface area contributed by atoms with Gasteiger partial charge in [-0.05, 0) is 136 Å². The van der Waals surface area contributed by atoms with Crippen LogP contribution in [0.15, 0.2) is 212 Å². The van der Waals surface area contributed by atoms with Crippen molar-refractivity contribution in [2.45, 2.75) is 245 Å². The van der Waals surface area contributed by atoms with Crippen LogP contribution in [0.4, 0.5) is 4.79 Å². The zero-order chi connectivity index (χ0) is 101. The maximum absolute atomic E-state index is 16.5. The third-order valence-electron chi connectivity index (χ3n) is 24.9. The van der Waals surface area contributed by atoms with Crippen molar-refractivity contribution in [1.82, 2.24) is 66.2 Å². The van der Waals surface area contributed by atoms with Crippen molar-refractivity contribution < 1.29 is 81.3 Å². The predicted molar refractivity (Wildman–Crippen MR) is 525 cm³/mol. The summed E-state index contributed by atoms with van der Waals surface area (Å²) >= 11 is 0. The van der Waals surface area contributed by atoms with Crippen molar-refractivity contribution in [1.29, 1.82) is 0 Å². The van der Waals surface area contributed by atoms with Crippen LogP contribution in [0.25, 0.3) is 0 Å². The zero-order valence-corrected chi connectivity index (χ0v) is 83.2. The molecule has 137 heavy (non-hydrogen) atoms. The number of likely N-dealkylation sites (tertiary alicyclic amines) is 1. The monoisotopic (exact) mass is 1880 g/mol. The number of nitrogens with one attached hydrogen (secondary N) is 6. The van der Waals surface area contributed by atoms with E-state index in [4.69, 9.17) is 14.2 Å². The highest BCUT2D eigenvalue weighted by Crippen LogP contribution is 2.42. The second-order valence-corrected chi connectivity index (χ2v) is 38.3. The van der Waals surface area contributed by atoms with Crippen LogP contribution >= 0.6 is 0 Å². The van der Waals surface area contributed by atoms with Gasteiger partial charge in [0.2, 0.25) is 70.9 Å². The van der Waals surface area contributed by atoms with E-state index in [9.17, 15) is 24.0 Å². The van der Waals surface area contributed by atoms with Crippen LogP contribution in [0, 0.1) is 23.7 Å². The first kappa shape index (κ1) is 109. The Labute approximate surface area is 808 Å². The Morgan fingerprint density at radius 2 is 0.788 bits per heavy atom. The molecule has 0 aliphatic carbocycles. The average Bonchev–Trinajstić information content (AvgIpc) is 0.747. The Hall–Kier alpha value is -13.1. The molecule has 0 saturated carbocycles. The van der Waals surface area contributed by atoms with Gasteiger partial charge in [-0.15, -0.1) is 0 Å². The molecule has 0 aromatic heterocycles. The minimum Gasteiger partial charge on any atom is -0.461 e. The Balaban J connectivity index is 1.09. The summed E-state index contributed by atoms with van der Waals surface area (Å²) in [6, 6.07) is 48.3. The van der Waals surface area contributed by atoms with E-state index in [2.05, 4.69) is 31.9 Å². The number of likely N-dealkylation sites (N-methyl/N-ethyl adjacent to an activating group) is 6. The molecular weight excluding hydrogens is 1740 g/mol. The van der Waals surface area contributed by atoms with E-state index in [0.29, 0.717) is 52.0 Å². The number of esters is 1. The molecule has 6 N–H and O–H groups in total. The van der Waals surface area contributed by atoms with Crippen molar-refractivity contribution in [2.75, 3.05) is 61.9 Å². The zero-order valence-electron chi connectivity index (χ0n) is 83.2. The van der Waals surface area contributed by atoms with Gasteiger partial charge in [0.05, 0.1) is 19.1 Å². The molecule has 1 fully saturated rings. The molecule has 0 bridgehead atoms. The Kier molecular flexibility index (Phi) is 41.2. The van der Waals surface area contributed by atoms with Crippen molar-refractivity contribution >= 4 is 82.9 Å². The summed E-state index contributed by atoms with van der Waals surface area (Å²) in [5.41, 5.74) is 2.00. The van der Waals surface area contributed by atoms with E-state index < -0.39 is 186 Å². The van der Waals surface area contributed by atoms with Gasteiger partial charge in [-0.25, -0.2) is 4.79 Å². The van der Waals surface area contributed by atoms with Crippen molar-refractivity contribution in [3.05, 3.63) is 251 Å². The van der Waals surface area contributed by atoms with Gasteiger partial charge in [0.15, 0.2) is 0 Å². The van der Waals surface area contributed by atoms with E-state index in [1.54, 1.807) is 189 Å². The van der Waals surface area contributed by atoms with E-state index >= 15 is 43.2 Å². The first-order valence-electron chi connectivity index (χ1n) is 47.5. The fraction of sp³-hybridized carbons (Fsp3) is 0.477. The average molecular weight is 1880 g/mol. The van der Waals surface area contributed by atoms with Crippen LogP contribution in [-0.2, 0) is 108 Å². The van der Waals surface area contributed by atoms with Crippen LogP contribution in [-0.4, -0.2) is 257 Å². The van der Waals surface area contributed by atoms with E-state index in [1.807, 2.05) is 119 Å². The lowest BCUT2D eigenvalue weighted by molar-refractivity contribution is -0.151. The molecule has 13 amide bonds. The lowest BCUT2D eigenvalue weighted by atomic mass is 9.79. The van der Waals surface area contributed by atoms with Crippen LogP contribution < -0.4 is 31.9 Å². The number of nitrogens with zero attached hydrogens (tertiary/aromatic N) is 7. The lowest BCUT2D eigenvalue weighted by Crippen LogP contribution is -2.63. The molecule has 30 heteroatoms. The molecule has 0 spiro atoms. The number of amides is 13. The van der Waals surface area contributed by atoms with Crippen LogP contribution in [0.3, 0.4) is 0 Å². The summed E-state index contributed by atoms with van der Waals surface area (Å²) < 4.78 is 18.8. The number of hydrogen-bond acceptors (Lipinski definition) is 17. The molecule has 1 unspecified atom stereocenters. The molecule has 7 aromatic carbocycles. The number of carbonyl (C=O) groups excluding carboxylic acids is 14. The number of ether oxygens (including phenoxy) is 3. The quantitative estimate of drug-likeness (QED) is 0.0152. The summed E-state index contributed by atoms with van der Waals surface area (Å²) in [5, 5.41) is 17.2. The summed E-state index contributed by atoms with van der Waals surface area (Å²) in [4.78, 5) is 219. The Bertz CT molecular complexity index is 5050. The standard InChI is InChI=1S/C107H143N13O17/c1-69(2)61-85(117(18)103(132)91(71(5)6)112-94(123)74(10)114(15)105(134)137-106(12,13)14)98(127)113-92(75(11)136-107(80-53-37-25-38-54-80,81-55-39-26-40-56-81)82-57-41-27-42-58-82)104(133)118(19)86(64-77-47-31-22-32-48-77)96(125)108-67-89(121)115(16)88(62-70(3)4)102(131)119(20)93(72(7)8)99(128)110-83(63-76-45-29-21-30-46-76)95(124)111-84(66-90(122)135-68-79-51-35-24-36-52-79)101(130)116(17)87(65-78-49-33-23-34-50-78)97(126)109-73(9)100(129)120-59-43-28-44-60-120/h21-27,29-42,45-58,69-75,83-88,91-93H,28,43-44,59-68H2,1-20H3,(H,108,125)(H,109,126)(H,110,128)(H,111,124)(H,112,123)(H,113,127)/t73-,74-,75+,83-,84-,85-,86-,87?,88-,91-,92-,93-/m0/s1. The molecule has 0 radical (unpaired) electrons. The molecule has 1 saturated heterocycles. The summed E-state index contributed by atoms with van der Waals surface area (Å²) in [6.07, 6.45) is -0.525. The predicted octanol–water partition coefficient (Wildman–Crippen LogP) is 10.6. The highest BCUT2D eigenvalue weighted by Gasteiger charge is 2.48. The molecule has 1 heterocycles. The number of piperidine rings is 1. The first-order valence-corrected chi connectivity index (χ1v) is 47.5. The summed E-state index contributed by atoms with van der Waals surface area (Å²) in [7, 11) is 8.42. The van der Waals surface area contributed by atoms with Gasteiger partial charge in [-0.2, -0.15) is 0 Å². The fourth-order valence-electron chi connectivity index (χ4n) is 16.9. The number of benzene rings is 7. The number of rotatable bonds is 46. The second-order valence-electron chi connectivity index (χ2n) is 38.3. The maximum Gasteiger partial charge on any atom is 0.410 e. The number of hydrogen-bond donors (Lipinski definition) is 6. The summed E-state index contributed by atoms with van der Waals surface area (Å²) in [5.74, 6) is -11.5. The smallest absolute Gasteiger partial charge is 0.410 e. The molecule has 8 rings (SSSR count). The van der Waals surface area contributed by atoms with Gasteiger partial charge >= 0.3 is 12.1 Å². The molecule has 1 aliphatic rings. The Morgan fingerprint density at radius 1 is 0.380 bits per heavy atom. The third kappa shape index (κ3) is 30.9. The lowest BCUT2D eigenvalue weighted by Gasteiger charge is -2.41. The molecular formula is C107H143N13O17. The van der Waals surface area contributed by atoms with Gasteiger partial charge in [0.1, 0.15) is 84.3 Å². The molecule has 7 aromatic rings. The van der Waals surface area contributed by atoms with E-state index in [1.165, 1.54) is 68.8 Å². The first-order chi connectivity index (χ1) is 64.9. The van der Waals surface area contributed by atoms with Crippen molar-refractivity contribution in [3.8, 4) is 0 Å². The minimum absolute atomic E-state index is 0.0404. The molecule has 30 nitrogen and oxygen atoms in total. The van der Waals surface area contributed by atoms with E-state index in [-0.39, 0.29) is 56.5 Å². The Morgan fingerprint density at radius 3 is 1.25 bits per heavy atom. The van der Waals surface area contributed by atoms with Crippen molar-refractivity contribution in [3.63, 3.8) is 0 Å². The fourth-order valence-corrected chi connectivity index (χ4v) is 16.9. The normalized spacial score (nSPS) is 14.8. The van der Waals surface area contributed by atoms with E-state index in [0.717, 1.165) is 29.1 Å². The highest BCUT2D eigenvalue weighted by molar-refractivity contribution is 6.00. The molecule has 1 aliphatic heterocycles. The molecule has 738 valence electrons. The van der Waals surface area contributed by atoms with Gasteiger partial charge in [-0.3, -0.25) is 67.2 Å². The molecule has 12 atom stereocenters. The SMILES string of the molecule is CC(C)C[C@@H](C(=O)N(C)[C@H](C(=O)N[C@@H](Cc1ccccc1)C(=O)N[C@@H](CC(=O)OCc1ccccc1)C(=O)N(C)C(Cc1ccccc1)C(=O)N[C@@H](C)C(=O)N1CCCCC1)C(C)C)N(C)C(=O)CNC(=O)[C@H](Cc1ccccc1)N(C)C(=O)[C@@H](NC(=O)[C@H](CC(C)C)N(C)C(=O)[C@@H](NC(=O)[C@H](C)N(C)C(=O)OC(C)(C)C)C(C)C)[C@@H](C)OC(c1ccccc1)(c1ccccc1)c1ccccc1. The van der Waals surface area contributed by atoms with Crippen LogP contribution in [0.1, 0.15) is 174 Å². The van der Waals surface area contributed by atoms with Gasteiger partial charge < -0.3 is 75.5 Å². The second kappa shape index (κ2) is 51.7. The largest absolute Gasteiger partial charge is 0.461 e. The van der Waals surface area contributed by atoms with Gasteiger partial charge in [0.25, 0.3) is 0 Å². The highest BCUT2D eigenvalue weighted by atomic mass is 16.6. The third-order valence-corrected chi connectivity index (χ3v) is 24.9. The van der Waals surface area contributed by atoms with Gasteiger partial charge in [-0.1, -0.05) is 268 Å². The minimum atomic E-state index is -1.73. The van der Waals surface area contributed by atoms with Crippen LogP contribution in [0.5, 0.6) is 0 Å².